The Labute approximate surface area is 237 Å². The molecule has 0 aromatic heterocycles. The molecular weight excluding hydrogens is 558 g/mol. The van der Waals surface area contributed by atoms with Gasteiger partial charge in [0.25, 0.3) is 0 Å². The number of hydrogen-bond acceptors (Lipinski definition) is 13. The first-order valence-corrected chi connectivity index (χ1v) is 14.2. The van der Waals surface area contributed by atoms with Crippen LogP contribution in [0.3, 0.4) is 0 Å². The first kappa shape index (κ1) is 33.3. The highest BCUT2D eigenvalue weighted by atomic mass is 35.5. The summed E-state index contributed by atoms with van der Waals surface area (Å²) >= 11 is 5.72. The predicted molar refractivity (Wildman–Crippen MR) is 138 cm³/mol. The zero-order valence-corrected chi connectivity index (χ0v) is 23.0. The van der Waals surface area contributed by atoms with Crippen LogP contribution in [-0.4, -0.2) is 152 Å². The third kappa shape index (κ3) is 7.77. The molecule has 40 heavy (non-hydrogen) atoms. The molecule has 0 aromatic carbocycles. The number of carbonyl (C=O) groups excluding carboxylic acids is 1. The molecule has 2 amide bonds. The van der Waals surface area contributed by atoms with Gasteiger partial charge in [0.1, 0.15) is 36.6 Å². The zero-order valence-electron chi connectivity index (χ0n) is 22.2. The van der Waals surface area contributed by atoms with Crippen molar-refractivity contribution >= 4 is 17.6 Å². The molecule has 1 aliphatic carbocycles. The second-order valence-electron chi connectivity index (χ2n) is 10.6. The van der Waals surface area contributed by atoms with E-state index in [1.807, 2.05) is 0 Å². The van der Waals surface area contributed by atoms with Crippen molar-refractivity contribution in [3.8, 4) is 0 Å². The lowest BCUT2D eigenvalue weighted by molar-refractivity contribution is -0.259. The maximum atomic E-state index is 13.3. The van der Waals surface area contributed by atoms with E-state index < -0.39 is 80.2 Å². The summed E-state index contributed by atoms with van der Waals surface area (Å²) in [5, 5.41) is 75.0. The van der Waals surface area contributed by atoms with Crippen LogP contribution in [0.5, 0.6) is 0 Å². The summed E-state index contributed by atoms with van der Waals surface area (Å²) < 4.78 is 16.9. The van der Waals surface area contributed by atoms with Gasteiger partial charge in [0.2, 0.25) is 0 Å². The Bertz CT molecular complexity index is 792. The number of urea groups is 1. The van der Waals surface area contributed by atoms with E-state index in [0.29, 0.717) is 5.01 Å². The van der Waals surface area contributed by atoms with Crippen LogP contribution in [0.2, 0.25) is 0 Å². The summed E-state index contributed by atoms with van der Waals surface area (Å²) in [4.78, 5) is 25.8. The van der Waals surface area contributed by atoms with E-state index in [2.05, 4.69) is 5.29 Å². The molecule has 232 valence electrons. The number of hydrogen-bond donors (Lipinski definition) is 7. The highest BCUT2D eigenvalue weighted by molar-refractivity contribution is 6.18. The van der Waals surface area contributed by atoms with Crippen molar-refractivity contribution in [1.29, 1.82) is 0 Å². The molecule has 2 saturated heterocycles. The van der Waals surface area contributed by atoms with Gasteiger partial charge in [-0.2, -0.15) is 5.01 Å². The minimum Gasteiger partial charge on any atom is -0.394 e. The normalized spacial score (nSPS) is 37.2. The molecule has 0 radical (unpaired) electrons. The molecule has 3 aliphatic rings. The van der Waals surface area contributed by atoms with E-state index in [-0.39, 0.29) is 38.1 Å². The number of aliphatic hydroxyl groups is 7. The monoisotopic (exact) mass is 599 g/mol. The van der Waals surface area contributed by atoms with Gasteiger partial charge in [-0.15, -0.1) is 16.5 Å². The summed E-state index contributed by atoms with van der Waals surface area (Å²) in [6.45, 7) is -1.83. The fourth-order valence-corrected chi connectivity index (χ4v) is 5.78. The third-order valence-electron chi connectivity index (χ3n) is 7.98. The summed E-state index contributed by atoms with van der Waals surface area (Å²) in [5.41, 5.74) is 0. The largest absolute Gasteiger partial charge is 0.394 e. The number of carbonyl (C=O) groups is 1. The van der Waals surface area contributed by atoms with E-state index in [4.69, 9.17) is 25.8 Å². The van der Waals surface area contributed by atoms with Crippen LogP contribution < -0.4 is 0 Å². The average Bonchev–Trinajstić information content (AvgIpc) is 2.97. The van der Waals surface area contributed by atoms with Crippen LogP contribution in [0.1, 0.15) is 32.1 Å². The SMILES string of the molecule is O=NN(CCCl)C(=O)N(CC1CCCCC1)C1OC(CO)C(COCC2OC(CO)C(O)C(O)C2O)C(O)C1O. The van der Waals surface area contributed by atoms with Crippen molar-refractivity contribution in [3.63, 3.8) is 0 Å². The van der Waals surface area contributed by atoms with Crippen LogP contribution in [0.25, 0.3) is 0 Å². The highest BCUT2D eigenvalue weighted by Gasteiger charge is 2.49. The topological polar surface area (TPSA) is 222 Å². The molecule has 3 rings (SSSR count). The molecule has 10 atom stereocenters. The van der Waals surface area contributed by atoms with Gasteiger partial charge < -0.3 is 50.0 Å². The number of alkyl halides is 1. The number of rotatable bonds is 12. The molecule has 1 saturated carbocycles. The lowest BCUT2D eigenvalue weighted by Crippen LogP contribution is -2.64. The summed E-state index contributed by atoms with van der Waals surface area (Å²) in [6.07, 6.45) is -7.85. The standard InChI is InChI=1S/C24H42ClN3O12/c25-6-7-28(26-37)24(36)27(8-13-4-2-1-3-5-13)23-22(35)18(31)14(15(9-29)40-23)11-38-12-17-20(33)21(34)19(32)16(10-30)39-17/h13-23,29-35H,1-12H2. The average molecular weight is 600 g/mol. The maximum absolute atomic E-state index is 13.3. The number of nitroso groups, excluding NO2 is 1. The lowest BCUT2D eigenvalue weighted by Gasteiger charge is -2.47. The van der Waals surface area contributed by atoms with Crippen molar-refractivity contribution in [2.75, 3.05) is 45.4 Å². The van der Waals surface area contributed by atoms with Gasteiger partial charge in [0, 0.05) is 18.3 Å². The number of aliphatic hydroxyl groups excluding tert-OH is 7. The third-order valence-corrected chi connectivity index (χ3v) is 8.15. The molecule has 7 N–H and O–H groups in total. The van der Waals surface area contributed by atoms with E-state index >= 15 is 0 Å². The van der Waals surface area contributed by atoms with Crippen LogP contribution >= 0.6 is 11.6 Å². The molecule has 0 aromatic rings. The Morgan fingerprint density at radius 1 is 0.850 bits per heavy atom. The molecule has 10 unspecified atom stereocenters. The molecule has 16 heteroatoms. The summed E-state index contributed by atoms with van der Waals surface area (Å²) in [6, 6.07) is -0.841. The summed E-state index contributed by atoms with van der Waals surface area (Å²) in [7, 11) is 0. The summed E-state index contributed by atoms with van der Waals surface area (Å²) in [5.74, 6) is -0.961. The number of ether oxygens (including phenoxy) is 3. The number of nitrogens with zero attached hydrogens (tertiary/aromatic N) is 3. The highest BCUT2D eigenvalue weighted by Crippen LogP contribution is 2.32. The van der Waals surface area contributed by atoms with Gasteiger partial charge in [0.15, 0.2) is 6.23 Å². The second kappa shape index (κ2) is 15.8. The number of amides is 2. The molecule has 0 spiro atoms. The zero-order chi connectivity index (χ0) is 29.4. The fourth-order valence-electron chi connectivity index (χ4n) is 5.62. The van der Waals surface area contributed by atoms with Gasteiger partial charge in [-0.05, 0) is 18.8 Å². The molecule has 2 heterocycles. The predicted octanol–water partition coefficient (Wildman–Crippen LogP) is -1.87. The van der Waals surface area contributed by atoms with Crippen molar-refractivity contribution in [1.82, 2.24) is 9.91 Å². The minimum atomic E-state index is -1.64. The van der Waals surface area contributed by atoms with Gasteiger partial charge in [-0.1, -0.05) is 19.3 Å². The molecule has 3 fully saturated rings. The van der Waals surface area contributed by atoms with Gasteiger partial charge in [-0.3, -0.25) is 4.90 Å². The van der Waals surface area contributed by atoms with E-state index in [1.54, 1.807) is 0 Å². The molecule has 0 bridgehead atoms. The molecule has 2 aliphatic heterocycles. The first-order chi connectivity index (χ1) is 19.2. The molecule has 15 nitrogen and oxygen atoms in total. The van der Waals surface area contributed by atoms with Gasteiger partial charge in [0.05, 0.1) is 50.5 Å². The van der Waals surface area contributed by atoms with Crippen molar-refractivity contribution in [2.24, 2.45) is 17.1 Å². The van der Waals surface area contributed by atoms with Crippen molar-refractivity contribution < 1.29 is 54.8 Å². The van der Waals surface area contributed by atoms with Crippen molar-refractivity contribution in [2.45, 2.75) is 87.2 Å². The van der Waals surface area contributed by atoms with Crippen molar-refractivity contribution in [3.05, 3.63) is 4.91 Å². The van der Waals surface area contributed by atoms with E-state index in [0.717, 1.165) is 37.0 Å². The Morgan fingerprint density at radius 3 is 2.10 bits per heavy atom. The van der Waals surface area contributed by atoms with E-state index in [9.17, 15) is 45.4 Å². The second-order valence-corrected chi connectivity index (χ2v) is 11.0. The Kier molecular flexibility index (Phi) is 13.2. The number of halogens is 1. The Morgan fingerprint density at radius 2 is 1.50 bits per heavy atom. The minimum absolute atomic E-state index is 0.0570. The lowest BCUT2D eigenvalue weighted by atomic mass is 9.87. The van der Waals surface area contributed by atoms with Crippen LogP contribution in [0.4, 0.5) is 4.79 Å². The Balaban J connectivity index is 1.70. The van der Waals surface area contributed by atoms with Gasteiger partial charge >= 0.3 is 6.03 Å². The van der Waals surface area contributed by atoms with E-state index in [1.165, 1.54) is 0 Å². The molecular formula is C24H42ClN3O12. The van der Waals surface area contributed by atoms with Gasteiger partial charge in [-0.25, -0.2) is 4.79 Å². The first-order valence-electron chi connectivity index (χ1n) is 13.7. The maximum Gasteiger partial charge on any atom is 0.345 e. The van der Waals surface area contributed by atoms with Crippen LogP contribution in [0, 0.1) is 16.7 Å². The van der Waals surface area contributed by atoms with Crippen LogP contribution in [-0.2, 0) is 14.2 Å². The fraction of sp³-hybridized carbons (Fsp3) is 0.958. The smallest absolute Gasteiger partial charge is 0.345 e. The Hall–Kier alpha value is -1.24. The van der Waals surface area contributed by atoms with Crippen LogP contribution in [0.15, 0.2) is 5.29 Å². The quantitative estimate of drug-likeness (QED) is 0.0744.